The van der Waals surface area contributed by atoms with E-state index in [1.807, 2.05) is 19.1 Å². The van der Waals surface area contributed by atoms with Gasteiger partial charge in [-0.2, -0.15) is 0 Å². The summed E-state index contributed by atoms with van der Waals surface area (Å²) in [5.41, 5.74) is 0.958. The van der Waals surface area contributed by atoms with Gasteiger partial charge in [0, 0.05) is 10.9 Å². The molecule has 2 aromatic rings. The van der Waals surface area contributed by atoms with Crippen LogP contribution >= 0.6 is 11.3 Å². The summed E-state index contributed by atoms with van der Waals surface area (Å²) in [5, 5.41) is 20.6. The summed E-state index contributed by atoms with van der Waals surface area (Å²) in [5.74, 6) is 0.535. The highest BCUT2D eigenvalue weighted by atomic mass is 32.1. The second kappa shape index (κ2) is 5.38. The molecular weight excluding hydrogens is 266 g/mol. The van der Waals surface area contributed by atoms with Crippen molar-refractivity contribution in [3.05, 3.63) is 50.9 Å². The summed E-state index contributed by atoms with van der Waals surface area (Å²) < 4.78 is 5.52. The second-order valence-corrected chi connectivity index (χ2v) is 5.22. The summed E-state index contributed by atoms with van der Waals surface area (Å²) in [6.07, 6.45) is -0.751. The number of ether oxygens (including phenoxy) is 1. The van der Waals surface area contributed by atoms with Gasteiger partial charge < -0.3 is 9.84 Å². The lowest BCUT2D eigenvalue weighted by atomic mass is 10.2. The van der Waals surface area contributed by atoms with Crippen molar-refractivity contribution < 1.29 is 14.8 Å². The lowest BCUT2D eigenvalue weighted by Crippen LogP contribution is -1.89. The summed E-state index contributed by atoms with van der Waals surface area (Å²) in [7, 11) is 0. The molecule has 0 amide bonds. The highest BCUT2D eigenvalue weighted by Crippen LogP contribution is 2.41. The van der Waals surface area contributed by atoms with Gasteiger partial charge in [-0.3, -0.25) is 10.1 Å². The fourth-order valence-electron chi connectivity index (χ4n) is 1.50. The average molecular weight is 279 g/mol. The Morgan fingerprint density at radius 2 is 2.00 bits per heavy atom. The van der Waals surface area contributed by atoms with Crippen molar-refractivity contribution in [3.63, 3.8) is 0 Å². The van der Waals surface area contributed by atoms with Crippen LogP contribution in [0.4, 0.5) is 5.69 Å². The summed E-state index contributed by atoms with van der Waals surface area (Å²) in [6.45, 7) is 3.51. The smallest absolute Gasteiger partial charge is 0.323 e. The molecule has 19 heavy (non-hydrogen) atoms. The van der Waals surface area contributed by atoms with E-state index in [0.717, 1.165) is 16.9 Å². The van der Waals surface area contributed by atoms with Gasteiger partial charge in [-0.1, -0.05) is 29.0 Å². The fraction of sp³-hybridized carbons (Fsp3) is 0.231. The zero-order valence-corrected chi connectivity index (χ0v) is 11.3. The van der Waals surface area contributed by atoms with Gasteiger partial charge in [0.25, 0.3) is 5.06 Å². The Morgan fingerprint density at radius 1 is 1.37 bits per heavy atom. The van der Waals surface area contributed by atoms with Crippen molar-refractivity contribution in [2.75, 3.05) is 0 Å². The molecule has 1 heterocycles. The van der Waals surface area contributed by atoms with Gasteiger partial charge in [0.1, 0.15) is 5.75 Å². The molecule has 0 radical (unpaired) electrons. The molecule has 0 spiro atoms. The van der Waals surface area contributed by atoms with E-state index < -0.39 is 11.0 Å². The van der Waals surface area contributed by atoms with Gasteiger partial charge >= 0.3 is 5.69 Å². The van der Waals surface area contributed by atoms with Crippen LogP contribution in [-0.4, -0.2) is 10.0 Å². The molecule has 6 heteroatoms. The van der Waals surface area contributed by atoms with Crippen molar-refractivity contribution >= 4 is 17.0 Å². The SMILES string of the molecule is Cc1ccc(Oc2sc([C@@H](C)O)cc2[N+](=O)[O-])cc1. The molecule has 5 nitrogen and oxygen atoms in total. The normalized spacial score (nSPS) is 12.2. The minimum absolute atomic E-state index is 0.124. The van der Waals surface area contributed by atoms with Crippen LogP contribution in [0, 0.1) is 17.0 Å². The molecular formula is C13H13NO4S. The number of aliphatic hydroxyl groups is 1. The highest BCUT2D eigenvalue weighted by Gasteiger charge is 2.22. The zero-order chi connectivity index (χ0) is 14.0. The Morgan fingerprint density at radius 3 is 2.53 bits per heavy atom. The lowest BCUT2D eigenvalue weighted by molar-refractivity contribution is -0.385. The van der Waals surface area contributed by atoms with Crippen LogP contribution in [0.2, 0.25) is 0 Å². The number of thiophene rings is 1. The molecule has 1 aromatic carbocycles. The first-order valence-corrected chi connectivity index (χ1v) is 6.49. The van der Waals surface area contributed by atoms with E-state index in [2.05, 4.69) is 0 Å². The number of aryl methyl sites for hydroxylation is 1. The van der Waals surface area contributed by atoms with Crippen LogP contribution in [0.25, 0.3) is 0 Å². The largest absolute Gasteiger partial charge is 0.440 e. The van der Waals surface area contributed by atoms with Gasteiger partial charge in [0.15, 0.2) is 0 Å². The molecule has 0 aliphatic heterocycles. The van der Waals surface area contributed by atoms with E-state index in [4.69, 9.17) is 4.74 Å². The third-order valence-corrected chi connectivity index (χ3v) is 3.71. The van der Waals surface area contributed by atoms with Crippen molar-refractivity contribution in [3.8, 4) is 10.8 Å². The van der Waals surface area contributed by atoms with Crippen LogP contribution in [0.1, 0.15) is 23.5 Å². The maximum Gasteiger partial charge on any atom is 0.323 e. The topological polar surface area (TPSA) is 72.6 Å². The molecule has 0 fully saturated rings. The van der Waals surface area contributed by atoms with Gasteiger partial charge in [-0.05, 0) is 26.0 Å². The van der Waals surface area contributed by atoms with Crippen LogP contribution < -0.4 is 4.74 Å². The summed E-state index contributed by atoms with van der Waals surface area (Å²) in [6, 6.07) is 8.58. The molecule has 1 atom stereocenters. The first-order valence-electron chi connectivity index (χ1n) is 5.68. The van der Waals surface area contributed by atoms with E-state index in [1.54, 1.807) is 19.1 Å². The molecule has 0 saturated heterocycles. The first-order chi connectivity index (χ1) is 8.97. The number of aliphatic hydroxyl groups excluding tert-OH is 1. The first kappa shape index (κ1) is 13.5. The van der Waals surface area contributed by atoms with Gasteiger partial charge in [-0.25, -0.2) is 0 Å². The zero-order valence-electron chi connectivity index (χ0n) is 10.5. The minimum Gasteiger partial charge on any atom is -0.440 e. The van der Waals surface area contributed by atoms with Crippen molar-refractivity contribution in [2.45, 2.75) is 20.0 Å². The number of hydrogen-bond acceptors (Lipinski definition) is 5. The lowest BCUT2D eigenvalue weighted by Gasteiger charge is -2.02. The summed E-state index contributed by atoms with van der Waals surface area (Å²) >= 11 is 1.08. The van der Waals surface area contributed by atoms with E-state index in [-0.39, 0.29) is 10.8 Å². The quantitative estimate of drug-likeness (QED) is 0.682. The number of benzene rings is 1. The molecule has 0 aliphatic rings. The fourth-order valence-corrected chi connectivity index (χ4v) is 2.43. The maximum atomic E-state index is 11.0. The molecule has 0 bridgehead atoms. The van der Waals surface area contributed by atoms with Crippen molar-refractivity contribution in [1.29, 1.82) is 0 Å². The van der Waals surface area contributed by atoms with E-state index in [0.29, 0.717) is 10.6 Å². The number of rotatable bonds is 4. The van der Waals surface area contributed by atoms with Gasteiger partial charge in [0.05, 0.1) is 11.0 Å². The van der Waals surface area contributed by atoms with Crippen LogP contribution in [0.15, 0.2) is 30.3 Å². The van der Waals surface area contributed by atoms with Gasteiger partial charge in [0.2, 0.25) is 0 Å². The molecule has 0 saturated carbocycles. The van der Waals surface area contributed by atoms with Crippen LogP contribution in [0.5, 0.6) is 10.8 Å². The monoisotopic (exact) mass is 279 g/mol. The Balaban J connectivity index is 2.33. The average Bonchev–Trinajstić information content (AvgIpc) is 2.76. The van der Waals surface area contributed by atoms with Crippen LogP contribution in [0.3, 0.4) is 0 Å². The Hall–Kier alpha value is -1.92. The molecule has 1 aromatic heterocycles. The maximum absolute atomic E-state index is 11.0. The predicted octanol–water partition coefficient (Wildman–Crippen LogP) is 3.81. The van der Waals surface area contributed by atoms with Crippen molar-refractivity contribution in [2.24, 2.45) is 0 Å². The minimum atomic E-state index is -0.751. The molecule has 0 aliphatic carbocycles. The second-order valence-electron chi connectivity index (χ2n) is 4.17. The third-order valence-electron chi connectivity index (χ3n) is 2.54. The predicted molar refractivity (Wildman–Crippen MR) is 72.9 cm³/mol. The van der Waals surface area contributed by atoms with E-state index in [9.17, 15) is 15.2 Å². The summed E-state index contributed by atoms with van der Waals surface area (Å²) in [4.78, 5) is 11.0. The molecule has 0 unspecified atom stereocenters. The molecule has 1 N–H and O–H groups in total. The Bertz CT molecular complexity index is 589. The Kier molecular flexibility index (Phi) is 3.82. The molecule has 100 valence electrons. The Labute approximate surface area is 114 Å². The number of hydrogen-bond donors (Lipinski definition) is 1. The van der Waals surface area contributed by atoms with E-state index >= 15 is 0 Å². The van der Waals surface area contributed by atoms with Crippen molar-refractivity contribution in [1.82, 2.24) is 0 Å². The number of nitrogens with zero attached hydrogens (tertiary/aromatic N) is 1. The van der Waals surface area contributed by atoms with Gasteiger partial charge in [-0.15, -0.1) is 0 Å². The third kappa shape index (κ3) is 3.10. The van der Waals surface area contributed by atoms with E-state index in [1.165, 1.54) is 6.07 Å². The standard InChI is InChI=1S/C13H13NO4S/c1-8-3-5-10(6-4-8)18-13-11(14(16)17)7-12(19-13)9(2)15/h3-7,9,15H,1-2H3/t9-/m1/s1. The highest BCUT2D eigenvalue weighted by molar-refractivity contribution is 7.14. The number of nitro groups is 1. The van der Waals surface area contributed by atoms with Crippen LogP contribution in [-0.2, 0) is 0 Å². The molecule has 2 rings (SSSR count).